The maximum atomic E-state index is 12.4. The van der Waals surface area contributed by atoms with Crippen molar-refractivity contribution in [3.63, 3.8) is 0 Å². The third kappa shape index (κ3) is 4.68. The molecule has 0 saturated heterocycles. The molecule has 0 aliphatic carbocycles. The van der Waals surface area contributed by atoms with Crippen LogP contribution >= 0.6 is 22.9 Å². The smallest absolute Gasteiger partial charge is 0.323 e. The normalized spacial score (nSPS) is 11.2. The van der Waals surface area contributed by atoms with Crippen molar-refractivity contribution in [3.8, 4) is 0 Å². The number of thiophene rings is 1. The highest BCUT2D eigenvalue weighted by atomic mass is 35.5. The topological polar surface area (TPSA) is 60.9 Å². The number of carboxylic acids is 1. The molecule has 2 amide bonds. The third-order valence-electron chi connectivity index (χ3n) is 2.68. The summed E-state index contributed by atoms with van der Waals surface area (Å²) < 4.78 is 0.666. The number of amides is 2. The summed E-state index contributed by atoms with van der Waals surface area (Å²) in [7, 11) is 1.65. The van der Waals surface area contributed by atoms with Gasteiger partial charge in [0.15, 0.2) is 0 Å². The summed E-state index contributed by atoms with van der Waals surface area (Å²) in [5, 5.41) is 8.94. The van der Waals surface area contributed by atoms with Crippen LogP contribution in [0.4, 0.5) is 4.79 Å². The average Bonchev–Trinajstić information content (AvgIpc) is 2.69. The quantitative estimate of drug-likeness (QED) is 0.927. The summed E-state index contributed by atoms with van der Waals surface area (Å²) >= 11 is 7.26. The molecule has 0 aliphatic rings. The molecule has 5 nitrogen and oxygen atoms in total. The van der Waals surface area contributed by atoms with E-state index in [1.807, 2.05) is 26.8 Å². The van der Waals surface area contributed by atoms with Gasteiger partial charge in [-0.05, 0) is 32.9 Å². The Balaban J connectivity index is 2.80. The Morgan fingerprint density at radius 3 is 2.35 bits per heavy atom. The molecule has 1 aromatic heterocycles. The van der Waals surface area contributed by atoms with E-state index in [4.69, 9.17) is 16.7 Å². The van der Waals surface area contributed by atoms with Crippen molar-refractivity contribution in [1.82, 2.24) is 9.80 Å². The molecular weight excluding hydrogens is 300 g/mol. The maximum absolute atomic E-state index is 12.4. The van der Waals surface area contributed by atoms with Crippen LogP contribution in [-0.4, -0.2) is 46.0 Å². The van der Waals surface area contributed by atoms with Gasteiger partial charge in [0.1, 0.15) is 6.54 Å². The molecule has 0 bridgehead atoms. The van der Waals surface area contributed by atoms with Gasteiger partial charge in [0.25, 0.3) is 0 Å². The molecule has 1 N–H and O–H groups in total. The largest absolute Gasteiger partial charge is 0.480 e. The number of nitrogens with zero attached hydrogens (tertiary/aromatic N) is 2. The monoisotopic (exact) mass is 318 g/mol. The fraction of sp³-hybridized carbons (Fsp3) is 0.538. The van der Waals surface area contributed by atoms with Crippen molar-refractivity contribution in [2.24, 2.45) is 0 Å². The highest BCUT2D eigenvalue weighted by Crippen LogP contribution is 2.23. The lowest BCUT2D eigenvalue weighted by atomic mass is 10.1. The molecule has 7 heteroatoms. The number of carbonyl (C=O) groups excluding carboxylic acids is 1. The van der Waals surface area contributed by atoms with E-state index in [2.05, 4.69) is 0 Å². The molecule has 20 heavy (non-hydrogen) atoms. The summed E-state index contributed by atoms with van der Waals surface area (Å²) in [4.78, 5) is 27.1. The SMILES string of the molecule is CN(Cc1ccc(Cl)s1)C(=O)N(CC(=O)O)C(C)(C)C. The van der Waals surface area contributed by atoms with Crippen LogP contribution in [-0.2, 0) is 11.3 Å². The van der Waals surface area contributed by atoms with Crippen molar-refractivity contribution in [3.05, 3.63) is 21.3 Å². The van der Waals surface area contributed by atoms with Crippen molar-refractivity contribution in [2.45, 2.75) is 32.9 Å². The van der Waals surface area contributed by atoms with Crippen LogP contribution in [0, 0.1) is 0 Å². The molecule has 1 rings (SSSR count). The fourth-order valence-electron chi connectivity index (χ4n) is 1.67. The molecule has 1 heterocycles. The predicted octanol–water partition coefficient (Wildman–Crippen LogP) is 3.14. The van der Waals surface area contributed by atoms with Gasteiger partial charge in [-0.25, -0.2) is 4.79 Å². The summed E-state index contributed by atoms with van der Waals surface area (Å²) in [6.45, 7) is 5.51. The minimum absolute atomic E-state index is 0.315. The van der Waals surface area contributed by atoms with Gasteiger partial charge in [-0.1, -0.05) is 11.6 Å². The number of hydrogen-bond acceptors (Lipinski definition) is 3. The molecule has 0 aromatic carbocycles. The van der Waals surface area contributed by atoms with E-state index < -0.39 is 11.5 Å². The lowest BCUT2D eigenvalue weighted by molar-refractivity contribution is -0.138. The first-order chi connectivity index (χ1) is 9.11. The minimum Gasteiger partial charge on any atom is -0.480 e. The maximum Gasteiger partial charge on any atom is 0.323 e. The van der Waals surface area contributed by atoms with Crippen LogP contribution in [0.1, 0.15) is 25.6 Å². The lowest BCUT2D eigenvalue weighted by Crippen LogP contribution is -2.52. The van der Waals surface area contributed by atoms with E-state index in [-0.39, 0.29) is 12.6 Å². The fourth-order valence-corrected chi connectivity index (χ4v) is 2.81. The molecule has 0 unspecified atom stereocenters. The summed E-state index contributed by atoms with van der Waals surface area (Å²) in [5.41, 5.74) is -0.559. The van der Waals surface area contributed by atoms with Crippen molar-refractivity contribution in [1.29, 1.82) is 0 Å². The Morgan fingerprint density at radius 2 is 1.95 bits per heavy atom. The van der Waals surface area contributed by atoms with E-state index in [1.165, 1.54) is 21.1 Å². The Labute approximate surface area is 127 Å². The standard InChI is InChI=1S/C13H19ClN2O3S/c1-13(2,3)16(8-11(17)18)12(19)15(4)7-9-5-6-10(14)20-9/h5-6H,7-8H2,1-4H3,(H,17,18). The number of carbonyl (C=O) groups is 2. The molecular formula is C13H19ClN2O3S. The van der Waals surface area contributed by atoms with Gasteiger partial charge in [-0.3, -0.25) is 4.79 Å². The van der Waals surface area contributed by atoms with E-state index in [0.29, 0.717) is 10.9 Å². The van der Waals surface area contributed by atoms with Crippen LogP contribution in [0.5, 0.6) is 0 Å². The number of halogens is 1. The Bertz CT molecular complexity index is 496. The molecule has 112 valence electrons. The molecule has 1 aromatic rings. The summed E-state index contributed by atoms with van der Waals surface area (Å²) in [5.74, 6) is -1.03. The zero-order valence-corrected chi connectivity index (χ0v) is 13.6. The van der Waals surface area contributed by atoms with Crippen molar-refractivity contribution in [2.75, 3.05) is 13.6 Å². The molecule has 0 fully saturated rings. The second kappa shape index (κ2) is 6.45. The van der Waals surface area contributed by atoms with Crippen LogP contribution < -0.4 is 0 Å². The second-order valence-corrected chi connectivity index (χ2v) is 7.29. The Kier molecular flexibility index (Phi) is 5.42. The minimum atomic E-state index is -1.03. The third-order valence-corrected chi connectivity index (χ3v) is 3.90. The first kappa shape index (κ1) is 16.8. The Morgan fingerprint density at radius 1 is 1.35 bits per heavy atom. The average molecular weight is 319 g/mol. The van der Waals surface area contributed by atoms with Gasteiger partial charge in [0, 0.05) is 17.5 Å². The van der Waals surface area contributed by atoms with Gasteiger partial charge in [0.05, 0.1) is 10.9 Å². The number of rotatable bonds is 4. The van der Waals surface area contributed by atoms with Crippen LogP contribution in [0.15, 0.2) is 12.1 Å². The van der Waals surface area contributed by atoms with Gasteiger partial charge in [-0.2, -0.15) is 0 Å². The molecule has 0 aliphatic heterocycles. The van der Waals surface area contributed by atoms with Crippen LogP contribution in [0.25, 0.3) is 0 Å². The Hall–Kier alpha value is -1.27. The number of hydrogen-bond donors (Lipinski definition) is 1. The van der Waals surface area contributed by atoms with Crippen molar-refractivity contribution < 1.29 is 14.7 Å². The van der Waals surface area contributed by atoms with Gasteiger partial charge in [0.2, 0.25) is 0 Å². The zero-order chi connectivity index (χ0) is 15.5. The second-order valence-electron chi connectivity index (χ2n) is 5.50. The van der Waals surface area contributed by atoms with Gasteiger partial charge in [-0.15, -0.1) is 11.3 Å². The zero-order valence-electron chi connectivity index (χ0n) is 12.0. The van der Waals surface area contributed by atoms with Crippen molar-refractivity contribution >= 4 is 34.9 Å². The van der Waals surface area contributed by atoms with E-state index in [1.54, 1.807) is 13.1 Å². The molecule has 0 atom stereocenters. The predicted molar refractivity (Wildman–Crippen MR) is 80.3 cm³/mol. The number of urea groups is 1. The lowest BCUT2D eigenvalue weighted by Gasteiger charge is -2.37. The van der Waals surface area contributed by atoms with Crippen LogP contribution in [0.2, 0.25) is 4.34 Å². The molecule has 0 saturated carbocycles. The molecule has 0 spiro atoms. The summed E-state index contributed by atoms with van der Waals surface area (Å²) in [6, 6.07) is 3.32. The number of aliphatic carboxylic acids is 1. The summed E-state index contributed by atoms with van der Waals surface area (Å²) in [6.07, 6.45) is 0. The molecule has 0 radical (unpaired) electrons. The number of carboxylic acid groups (broad SMARTS) is 1. The van der Waals surface area contributed by atoms with Gasteiger partial charge < -0.3 is 14.9 Å². The van der Waals surface area contributed by atoms with Crippen LogP contribution in [0.3, 0.4) is 0 Å². The van der Waals surface area contributed by atoms with E-state index >= 15 is 0 Å². The first-order valence-corrected chi connectivity index (χ1v) is 7.29. The van der Waals surface area contributed by atoms with E-state index in [0.717, 1.165) is 4.88 Å². The van der Waals surface area contributed by atoms with Gasteiger partial charge >= 0.3 is 12.0 Å². The highest BCUT2D eigenvalue weighted by molar-refractivity contribution is 7.16. The first-order valence-electron chi connectivity index (χ1n) is 6.10. The highest BCUT2D eigenvalue weighted by Gasteiger charge is 2.30. The van der Waals surface area contributed by atoms with E-state index in [9.17, 15) is 9.59 Å².